The molecule has 0 atom stereocenters. The Morgan fingerprint density at radius 1 is 1.04 bits per heavy atom. The molecule has 2 heterocycles. The van der Waals surface area contributed by atoms with Gasteiger partial charge in [-0.25, -0.2) is 0 Å². The Kier molecular flexibility index (Phi) is 4.58. The quantitative estimate of drug-likeness (QED) is 0.389. The third-order valence-corrected chi connectivity index (χ3v) is 4.47. The van der Waals surface area contributed by atoms with Gasteiger partial charge in [0.1, 0.15) is 6.33 Å². The second-order valence-electron chi connectivity index (χ2n) is 6.04. The summed E-state index contributed by atoms with van der Waals surface area (Å²) in [7, 11) is 2.02. The Balaban J connectivity index is 0.00000182. The molecule has 0 saturated carbocycles. The van der Waals surface area contributed by atoms with Crippen LogP contribution in [0.15, 0.2) is 36.7 Å². The zero-order chi connectivity index (χ0) is 16.8. The maximum absolute atomic E-state index is 4.61. The van der Waals surface area contributed by atoms with Crippen LogP contribution in [0.1, 0.15) is 17.0 Å². The SMILES string of the molecule is Cc1cccc(C)c1-n1ncnc1-c1[c-]ccc2nc(C)n(C)c12.[Ir]. The fourth-order valence-corrected chi connectivity index (χ4v) is 3.21. The normalized spacial score (nSPS) is 10.9. The van der Waals surface area contributed by atoms with E-state index in [1.165, 1.54) is 0 Å². The third-order valence-electron chi connectivity index (χ3n) is 4.47. The van der Waals surface area contributed by atoms with Crippen LogP contribution in [-0.4, -0.2) is 24.3 Å². The summed E-state index contributed by atoms with van der Waals surface area (Å²) in [5.41, 5.74) is 6.27. The van der Waals surface area contributed by atoms with Gasteiger partial charge in [0.15, 0.2) is 0 Å². The Labute approximate surface area is 160 Å². The number of imidazole rings is 1. The first kappa shape index (κ1) is 17.5. The summed E-state index contributed by atoms with van der Waals surface area (Å²) in [6.45, 7) is 6.18. The zero-order valence-corrected chi connectivity index (χ0v) is 16.9. The minimum absolute atomic E-state index is 0. The molecule has 0 bridgehead atoms. The Morgan fingerprint density at radius 2 is 1.76 bits per heavy atom. The molecule has 129 valence electrons. The molecule has 6 heteroatoms. The third kappa shape index (κ3) is 2.71. The van der Waals surface area contributed by atoms with Gasteiger partial charge in [-0.1, -0.05) is 23.8 Å². The summed E-state index contributed by atoms with van der Waals surface area (Å²) in [4.78, 5) is 9.13. The van der Waals surface area contributed by atoms with Crippen LogP contribution in [0.2, 0.25) is 0 Å². The molecule has 5 nitrogen and oxygen atoms in total. The fourth-order valence-electron chi connectivity index (χ4n) is 3.21. The topological polar surface area (TPSA) is 48.5 Å². The van der Waals surface area contributed by atoms with Gasteiger partial charge >= 0.3 is 0 Å². The van der Waals surface area contributed by atoms with Crippen LogP contribution in [0.3, 0.4) is 0 Å². The van der Waals surface area contributed by atoms with E-state index < -0.39 is 0 Å². The van der Waals surface area contributed by atoms with E-state index in [1.807, 2.05) is 30.8 Å². The van der Waals surface area contributed by atoms with E-state index in [0.29, 0.717) is 0 Å². The number of rotatable bonds is 2. The molecule has 0 N–H and O–H groups in total. The molecule has 25 heavy (non-hydrogen) atoms. The average molecular weight is 509 g/mol. The maximum Gasteiger partial charge on any atom is 0.127 e. The van der Waals surface area contributed by atoms with Gasteiger partial charge in [0.2, 0.25) is 0 Å². The molecule has 2 aromatic carbocycles. The number of fused-ring (bicyclic) bond motifs is 1. The molecule has 0 saturated heterocycles. The molecule has 0 fully saturated rings. The average Bonchev–Trinajstić information content (AvgIpc) is 3.13. The number of hydrogen-bond acceptors (Lipinski definition) is 3. The van der Waals surface area contributed by atoms with Crippen molar-refractivity contribution in [3.63, 3.8) is 0 Å². The predicted molar refractivity (Wildman–Crippen MR) is 94.1 cm³/mol. The molecule has 0 amide bonds. The van der Waals surface area contributed by atoms with Crippen LogP contribution in [0.25, 0.3) is 28.1 Å². The minimum atomic E-state index is 0. The largest absolute Gasteiger partial charge is 0.371 e. The molecule has 0 aliphatic rings. The van der Waals surface area contributed by atoms with Crippen molar-refractivity contribution in [2.24, 2.45) is 7.05 Å². The van der Waals surface area contributed by atoms with Crippen LogP contribution in [0.4, 0.5) is 0 Å². The van der Waals surface area contributed by atoms with E-state index in [1.54, 1.807) is 6.33 Å². The van der Waals surface area contributed by atoms with Crippen LogP contribution in [-0.2, 0) is 27.2 Å². The van der Waals surface area contributed by atoms with Crippen molar-refractivity contribution >= 4 is 11.0 Å². The summed E-state index contributed by atoms with van der Waals surface area (Å²) in [6, 6.07) is 13.4. The number of benzene rings is 2. The summed E-state index contributed by atoms with van der Waals surface area (Å²) in [5, 5.41) is 4.48. The first-order chi connectivity index (χ1) is 11.6. The fraction of sp³-hybridized carbons (Fsp3) is 0.211. The minimum Gasteiger partial charge on any atom is -0.371 e. The second-order valence-corrected chi connectivity index (χ2v) is 6.04. The van der Waals surface area contributed by atoms with E-state index in [-0.39, 0.29) is 20.1 Å². The Hall–Kier alpha value is -2.30. The first-order valence-corrected chi connectivity index (χ1v) is 7.88. The Morgan fingerprint density at radius 3 is 2.48 bits per heavy atom. The molecule has 0 aliphatic heterocycles. The molecular weight excluding hydrogens is 490 g/mol. The van der Waals surface area contributed by atoms with Gasteiger partial charge in [0.05, 0.1) is 17.3 Å². The number of aryl methyl sites for hydroxylation is 4. The molecule has 1 radical (unpaired) electrons. The second kappa shape index (κ2) is 6.54. The van der Waals surface area contributed by atoms with Crippen molar-refractivity contribution in [3.05, 3.63) is 59.7 Å². The van der Waals surface area contributed by atoms with Crippen molar-refractivity contribution in [2.45, 2.75) is 20.8 Å². The molecule has 2 aromatic heterocycles. The van der Waals surface area contributed by atoms with E-state index in [0.717, 1.165) is 45.1 Å². The summed E-state index contributed by atoms with van der Waals surface area (Å²) >= 11 is 0. The van der Waals surface area contributed by atoms with E-state index in [2.05, 4.69) is 57.7 Å². The standard InChI is InChI=1S/C19H18N5.Ir/c1-12-7-5-8-13(2)17(12)24-19(20-11-21-24)15-9-6-10-16-18(15)23(4)14(3)22-16;/h5-8,10-11H,1-4H3;/q-1;. The Bertz CT molecular complexity index is 1040. The molecule has 0 unspecified atom stereocenters. The van der Waals surface area contributed by atoms with Crippen molar-refractivity contribution in [2.75, 3.05) is 0 Å². The van der Waals surface area contributed by atoms with Gasteiger partial charge in [-0.3, -0.25) is 14.6 Å². The van der Waals surface area contributed by atoms with Crippen molar-refractivity contribution in [1.82, 2.24) is 24.3 Å². The molecule has 4 aromatic rings. The van der Waals surface area contributed by atoms with E-state index >= 15 is 0 Å². The van der Waals surface area contributed by atoms with Crippen molar-refractivity contribution in [1.29, 1.82) is 0 Å². The number of para-hydroxylation sites is 1. The van der Waals surface area contributed by atoms with Crippen LogP contribution < -0.4 is 0 Å². The smallest absolute Gasteiger partial charge is 0.127 e. The number of nitrogens with zero attached hydrogens (tertiary/aromatic N) is 5. The van der Waals surface area contributed by atoms with Crippen molar-refractivity contribution < 1.29 is 20.1 Å². The molecule has 0 aliphatic carbocycles. The van der Waals surface area contributed by atoms with E-state index in [4.69, 9.17) is 0 Å². The number of hydrogen-bond donors (Lipinski definition) is 0. The summed E-state index contributed by atoms with van der Waals surface area (Å²) in [6.07, 6.45) is 1.59. The van der Waals surface area contributed by atoms with Crippen LogP contribution in [0, 0.1) is 26.8 Å². The van der Waals surface area contributed by atoms with Crippen LogP contribution in [0.5, 0.6) is 0 Å². The van der Waals surface area contributed by atoms with Gasteiger partial charge in [-0.2, -0.15) is 5.10 Å². The van der Waals surface area contributed by atoms with Crippen LogP contribution >= 0.6 is 0 Å². The molecule has 4 rings (SSSR count). The number of aromatic nitrogens is 5. The summed E-state index contributed by atoms with van der Waals surface area (Å²) < 4.78 is 3.98. The van der Waals surface area contributed by atoms with Gasteiger partial charge in [0.25, 0.3) is 0 Å². The van der Waals surface area contributed by atoms with Gasteiger partial charge < -0.3 is 4.57 Å². The molecule has 0 spiro atoms. The van der Waals surface area contributed by atoms with E-state index in [9.17, 15) is 0 Å². The maximum atomic E-state index is 4.61. The first-order valence-electron chi connectivity index (χ1n) is 7.88. The predicted octanol–water partition coefficient (Wildman–Crippen LogP) is 3.54. The van der Waals surface area contributed by atoms with Crippen molar-refractivity contribution in [3.8, 4) is 17.1 Å². The van der Waals surface area contributed by atoms with Gasteiger partial charge in [-0.05, 0) is 37.4 Å². The summed E-state index contributed by atoms with van der Waals surface area (Å²) in [5.74, 6) is 1.74. The monoisotopic (exact) mass is 509 g/mol. The zero-order valence-electron chi connectivity index (χ0n) is 14.5. The molecular formula is C19H18IrN5-. The van der Waals surface area contributed by atoms with Gasteiger partial charge in [0, 0.05) is 32.7 Å². The van der Waals surface area contributed by atoms with Gasteiger partial charge in [-0.15, -0.1) is 18.2 Å².